The van der Waals surface area contributed by atoms with Crippen molar-refractivity contribution in [1.82, 2.24) is 0 Å². The highest BCUT2D eigenvalue weighted by Gasteiger charge is 2.10. The highest BCUT2D eigenvalue weighted by Crippen LogP contribution is 2.10. The minimum Gasteiger partial charge on any atom is -0.285 e. The molecule has 11 heavy (non-hydrogen) atoms. The van der Waals surface area contributed by atoms with E-state index in [1.165, 1.54) is 13.8 Å². The van der Waals surface area contributed by atoms with Crippen LogP contribution in [0.5, 0.6) is 0 Å². The van der Waals surface area contributed by atoms with Crippen molar-refractivity contribution in [2.45, 2.75) is 13.8 Å². The van der Waals surface area contributed by atoms with Crippen LogP contribution in [0, 0.1) is 17.2 Å². The van der Waals surface area contributed by atoms with Gasteiger partial charge in [-0.1, -0.05) is 0 Å². The van der Waals surface area contributed by atoms with Crippen LogP contribution in [0.1, 0.15) is 13.8 Å². The summed E-state index contributed by atoms with van der Waals surface area (Å²) in [6.07, 6.45) is 3.10. The van der Waals surface area contributed by atoms with Crippen LogP contribution in [-0.2, 0) is 9.59 Å². The Bertz CT molecular complexity index is 235. The molecule has 0 aromatic carbocycles. The van der Waals surface area contributed by atoms with Gasteiger partial charge in [-0.2, -0.15) is 5.26 Å². The number of allylic oxidation sites excluding steroid dienone is 2. The molecular weight excluding hydrogens is 142 g/mol. The molecule has 3 nitrogen and oxygen atoms in total. The minimum absolute atomic E-state index is 0.0856. The molecule has 0 fully saturated rings. The summed E-state index contributed by atoms with van der Waals surface area (Å²) in [7, 11) is 0. The summed E-state index contributed by atoms with van der Waals surface area (Å²) in [6, 6.07) is 1.83. The van der Waals surface area contributed by atoms with E-state index in [1.807, 2.05) is 6.07 Å². The molecule has 0 bridgehead atoms. The van der Waals surface area contributed by atoms with Crippen molar-refractivity contribution < 1.29 is 9.59 Å². The van der Waals surface area contributed by atoms with Crippen LogP contribution in [0.2, 0.25) is 0 Å². The van der Waals surface area contributed by atoms with E-state index in [4.69, 9.17) is 5.26 Å². The zero-order chi connectivity index (χ0) is 8.85. The lowest BCUT2D eigenvalue weighted by Crippen LogP contribution is -2.01. The summed E-state index contributed by atoms with van der Waals surface area (Å²) < 4.78 is 0. The second-order valence-electron chi connectivity index (χ2n) is 2.09. The average molecular weight is 149 g/mol. The van der Waals surface area contributed by atoms with Crippen molar-refractivity contribution in [3.63, 3.8) is 0 Å². The number of rotatable bonds is 3. The molecule has 0 saturated carbocycles. The third kappa shape index (κ3) is 2.34. The van der Waals surface area contributed by atoms with Crippen molar-refractivity contribution in [3.05, 3.63) is 11.1 Å². The van der Waals surface area contributed by atoms with Crippen molar-refractivity contribution in [3.8, 4) is 6.07 Å². The third-order valence-electron chi connectivity index (χ3n) is 1.29. The Morgan fingerprint density at radius 3 is 2.18 bits per heavy atom. The first-order valence-electron chi connectivity index (χ1n) is 3.04. The normalized spacial score (nSPS) is 14.3. The first kappa shape index (κ1) is 9.57. The molecule has 2 radical (unpaired) electrons. The number of nitriles is 1. The van der Waals surface area contributed by atoms with Gasteiger partial charge in [0, 0.05) is 11.1 Å². The second kappa shape index (κ2) is 4.40. The molecule has 1 unspecified atom stereocenters. The van der Waals surface area contributed by atoms with E-state index in [0.29, 0.717) is 0 Å². The van der Waals surface area contributed by atoms with Gasteiger partial charge >= 0.3 is 0 Å². The fourth-order valence-corrected chi connectivity index (χ4v) is 0.609. The summed E-state index contributed by atoms with van der Waals surface area (Å²) in [5.41, 5.74) is 0.233. The maximum Gasteiger partial charge on any atom is 0.230 e. The van der Waals surface area contributed by atoms with E-state index in [-0.39, 0.29) is 11.1 Å². The van der Waals surface area contributed by atoms with Gasteiger partial charge in [0.15, 0.2) is 0 Å². The van der Waals surface area contributed by atoms with Gasteiger partial charge in [-0.3, -0.25) is 9.59 Å². The fourth-order valence-electron chi connectivity index (χ4n) is 0.609. The Morgan fingerprint density at radius 1 is 1.36 bits per heavy atom. The van der Waals surface area contributed by atoms with E-state index < -0.39 is 5.92 Å². The van der Waals surface area contributed by atoms with Gasteiger partial charge in [-0.25, -0.2) is 0 Å². The van der Waals surface area contributed by atoms with Crippen LogP contribution in [0.15, 0.2) is 11.1 Å². The Labute approximate surface area is 65.3 Å². The monoisotopic (exact) mass is 149 g/mol. The van der Waals surface area contributed by atoms with E-state index in [2.05, 4.69) is 0 Å². The van der Waals surface area contributed by atoms with Gasteiger partial charge in [-0.05, 0) is 13.8 Å². The predicted octanol–water partition coefficient (Wildman–Crippen LogP) is 0.682. The molecule has 0 spiro atoms. The Balaban J connectivity index is 4.82. The van der Waals surface area contributed by atoms with E-state index in [9.17, 15) is 9.59 Å². The van der Waals surface area contributed by atoms with Crippen molar-refractivity contribution >= 4 is 12.6 Å². The van der Waals surface area contributed by atoms with Crippen LogP contribution in [-0.4, -0.2) is 12.6 Å². The molecule has 0 aromatic heterocycles. The van der Waals surface area contributed by atoms with Crippen molar-refractivity contribution in [2.24, 2.45) is 5.92 Å². The third-order valence-corrected chi connectivity index (χ3v) is 1.29. The van der Waals surface area contributed by atoms with Crippen LogP contribution < -0.4 is 0 Å². The lowest BCUT2D eigenvalue weighted by atomic mass is 10.00. The molecule has 0 saturated heterocycles. The topological polar surface area (TPSA) is 57.9 Å². The Morgan fingerprint density at radius 2 is 1.91 bits per heavy atom. The van der Waals surface area contributed by atoms with Gasteiger partial charge in [0.25, 0.3) is 0 Å². The van der Waals surface area contributed by atoms with Crippen LogP contribution in [0.4, 0.5) is 0 Å². The van der Waals surface area contributed by atoms with E-state index in [0.717, 1.165) is 0 Å². The van der Waals surface area contributed by atoms with Crippen LogP contribution in [0.3, 0.4) is 0 Å². The number of carbonyl (C=O) groups excluding carboxylic acids is 2. The maximum atomic E-state index is 10.2. The zero-order valence-corrected chi connectivity index (χ0v) is 6.34. The molecule has 0 heterocycles. The summed E-state index contributed by atoms with van der Waals surface area (Å²) >= 11 is 0. The number of hydrogen-bond acceptors (Lipinski definition) is 3. The maximum absolute atomic E-state index is 10.2. The van der Waals surface area contributed by atoms with E-state index >= 15 is 0 Å². The summed E-state index contributed by atoms with van der Waals surface area (Å²) in [6.45, 7) is 2.96. The molecule has 0 N–H and O–H groups in total. The highest BCUT2D eigenvalue weighted by molar-refractivity contribution is 5.87. The lowest BCUT2D eigenvalue weighted by Gasteiger charge is -1.99. The average Bonchev–Trinajstić information content (AvgIpc) is 2.05. The van der Waals surface area contributed by atoms with Gasteiger partial charge in [0.2, 0.25) is 12.6 Å². The molecule has 3 heteroatoms. The number of nitrogens with zero attached hydrogens (tertiary/aromatic N) is 1. The standard InChI is InChI=1S/C8H7NO2/c1-6(3-9)8(5-11)7(2)4-10/h6H,1-2H3/b8-7+. The summed E-state index contributed by atoms with van der Waals surface area (Å²) in [5.74, 6) is -0.589. The van der Waals surface area contributed by atoms with Gasteiger partial charge in [0.1, 0.15) is 0 Å². The Kier molecular flexibility index (Phi) is 3.82. The predicted molar refractivity (Wildman–Crippen MR) is 38.9 cm³/mol. The quantitative estimate of drug-likeness (QED) is 0.554. The molecule has 0 amide bonds. The number of hydrogen-bond donors (Lipinski definition) is 0. The van der Waals surface area contributed by atoms with Gasteiger partial charge in [0.05, 0.1) is 12.0 Å². The summed E-state index contributed by atoms with van der Waals surface area (Å²) in [4.78, 5) is 20.2. The molecule has 0 aliphatic rings. The van der Waals surface area contributed by atoms with Crippen molar-refractivity contribution in [2.75, 3.05) is 0 Å². The smallest absolute Gasteiger partial charge is 0.230 e. The highest BCUT2D eigenvalue weighted by atomic mass is 16.1. The first-order chi connectivity index (χ1) is 5.17. The molecule has 0 aromatic rings. The van der Waals surface area contributed by atoms with Crippen LogP contribution in [0.25, 0.3) is 0 Å². The van der Waals surface area contributed by atoms with Crippen molar-refractivity contribution in [1.29, 1.82) is 5.26 Å². The van der Waals surface area contributed by atoms with E-state index in [1.54, 1.807) is 12.6 Å². The largest absolute Gasteiger partial charge is 0.285 e. The summed E-state index contributed by atoms with van der Waals surface area (Å²) in [5, 5.41) is 8.39. The first-order valence-corrected chi connectivity index (χ1v) is 3.04. The lowest BCUT2D eigenvalue weighted by molar-refractivity contribution is 0.554. The van der Waals surface area contributed by atoms with Crippen LogP contribution >= 0.6 is 0 Å². The van der Waals surface area contributed by atoms with Gasteiger partial charge in [-0.15, -0.1) is 0 Å². The second-order valence-corrected chi connectivity index (χ2v) is 2.09. The van der Waals surface area contributed by atoms with Gasteiger partial charge < -0.3 is 0 Å². The molecule has 1 atom stereocenters. The molecular formula is C8H7NO2. The molecule has 0 rings (SSSR count). The molecule has 0 aliphatic heterocycles. The Hall–Kier alpha value is -1.43. The molecule has 56 valence electrons. The molecule has 0 aliphatic carbocycles. The zero-order valence-electron chi connectivity index (χ0n) is 6.34. The SMILES string of the molecule is C/C([C]=O)=C(/[C]=O)C(C)C#N. The minimum atomic E-state index is -0.589. The fraction of sp³-hybridized carbons (Fsp3) is 0.375.